The van der Waals surface area contributed by atoms with Crippen LogP contribution in [0.4, 0.5) is 5.69 Å². The van der Waals surface area contributed by atoms with Crippen molar-refractivity contribution in [3.8, 4) is 0 Å². The number of fused-ring (bicyclic) bond motifs is 4. The van der Waals surface area contributed by atoms with Crippen LogP contribution in [0.15, 0.2) is 41.8 Å². The van der Waals surface area contributed by atoms with Gasteiger partial charge in [0.15, 0.2) is 0 Å². The van der Waals surface area contributed by atoms with E-state index in [9.17, 15) is 0 Å². The summed E-state index contributed by atoms with van der Waals surface area (Å²) in [6, 6.07) is 13.8. The number of nitrogens with zero attached hydrogens (tertiary/aromatic N) is 2. The zero-order valence-corrected chi connectivity index (χ0v) is 14.6. The lowest BCUT2D eigenvalue weighted by Gasteiger charge is -2.40. The van der Waals surface area contributed by atoms with Crippen LogP contribution in [0.25, 0.3) is 10.2 Å². The Hall–Kier alpha value is -1.74. The van der Waals surface area contributed by atoms with Crippen LogP contribution >= 0.6 is 11.3 Å². The Bertz CT molecular complexity index is 868. The molecule has 0 radical (unpaired) electrons. The highest BCUT2D eigenvalue weighted by Crippen LogP contribution is 2.58. The Balaban J connectivity index is 1.81. The lowest BCUT2D eigenvalue weighted by atomic mass is 9.92. The van der Waals surface area contributed by atoms with E-state index < -0.39 is 0 Å². The van der Waals surface area contributed by atoms with E-state index in [2.05, 4.69) is 65.2 Å². The lowest BCUT2D eigenvalue weighted by Crippen LogP contribution is -2.41. The van der Waals surface area contributed by atoms with Crippen molar-refractivity contribution in [1.29, 1.82) is 0 Å². The molecule has 0 N–H and O–H groups in total. The monoisotopic (exact) mass is 322 g/mol. The molecule has 2 aromatic heterocycles. The largest absolute Gasteiger partial charge is 0.353 e. The van der Waals surface area contributed by atoms with Gasteiger partial charge in [-0.15, -0.1) is 11.3 Å². The van der Waals surface area contributed by atoms with Crippen molar-refractivity contribution in [1.82, 2.24) is 4.57 Å². The zero-order valence-electron chi connectivity index (χ0n) is 13.7. The number of hydrogen-bond donors (Lipinski definition) is 0. The van der Waals surface area contributed by atoms with Gasteiger partial charge in [0.25, 0.3) is 0 Å². The van der Waals surface area contributed by atoms with Crippen molar-refractivity contribution in [3.63, 3.8) is 0 Å². The maximum Gasteiger partial charge on any atom is 0.0814 e. The van der Waals surface area contributed by atoms with E-state index in [0.29, 0.717) is 6.04 Å². The Kier molecular flexibility index (Phi) is 2.76. The van der Waals surface area contributed by atoms with Crippen LogP contribution in [-0.4, -0.2) is 4.57 Å². The van der Waals surface area contributed by atoms with Gasteiger partial charge in [0.05, 0.1) is 27.5 Å². The number of aromatic nitrogens is 1. The fourth-order valence-electron chi connectivity index (χ4n) is 5.24. The Morgan fingerprint density at radius 3 is 2.57 bits per heavy atom. The predicted octanol–water partition coefficient (Wildman–Crippen LogP) is 5.59. The van der Waals surface area contributed by atoms with Crippen molar-refractivity contribution < 1.29 is 0 Å². The van der Waals surface area contributed by atoms with Crippen LogP contribution in [0.1, 0.15) is 49.9 Å². The van der Waals surface area contributed by atoms with E-state index >= 15 is 0 Å². The molecule has 5 rings (SSSR count). The van der Waals surface area contributed by atoms with Crippen molar-refractivity contribution >= 4 is 27.2 Å². The fourth-order valence-corrected chi connectivity index (χ4v) is 6.29. The molecule has 0 unspecified atom stereocenters. The standard InChI is InChI=1S/C20H22N2S/c1-14-17-18-16(10-13-23-18)21(2)19(17)20(11-6-7-12-20)22(14)15-8-4-3-5-9-15/h3-5,8-10,13-14H,6-7,11-12H2,1-2H3/t14-/m0/s1. The summed E-state index contributed by atoms with van der Waals surface area (Å²) in [5.74, 6) is 0. The molecule has 1 aromatic carbocycles. The normalized spacial score (nSPS) is 22.3. The maximum atomic E-state index is 2.73. The van der Waals surface area contributed by atoms with E-state index in [1.807, 2.05) is 11.3 Å². The van der Waals surface area contributed by atoms with E-state index in [1.54, 1.807) is 11.3 Å². The van der Waals surface area contributed by atoms with Crippen molar-refractivity contribution in [2.24, 2.45) is 7.05 Å². The number of thiophene rings is 1. The first-order valence-corrected chi connectivity index (χ1v) is 9.53. The number of para-hydroxylation sites is 1. The van der Waals surface area contributed by atoms with Gasteiger partial charge in [-0.3, -0.25) is 0 Å². The van der Waals surface area contributed by atoms with Crippen LogP contribution in [0.3, 0.4) is 0 Å². The van der Waals surface area contributed by atoms with E-state index in [1.165, 1.54) is 41.6 Å². The molecule has 2 nitrogen and oxygen atoms in total. The van der Waals surface area contributed by atoms with Crippen molar-refractivity contribution in [3.05, 3.63) is 53.0 Å². The highest BCUT2D eigenvalue weighted by atomic mass is 32.1. The molecule has 1 saturated carbocycles. The molecule has 1 atom stereocenters. The average molecular weight is 322 g/mol. The summed E-state index contributed by atoms with van der Waals surface area (Å²) in [6.45, 7) is 2.40. The number of rotatable bonds is 1. The van der Waals surface area contributed by atoms with Gasteiger partial charge in [-0.05, 0) is 43.3 Å². The Morgan fingerprint density at radius 2 is 1.83 bits per heavy atom. The topological polar surface area (TPSA) is 8.17 Å². The number of benzene rings is 1. The summed E-state index contributed by atoms with van der Waals surface area (Å²) in [4.78, 5) is 2.73. The van der Waals surface area contributed by atoms with E-state index in [-0.39, 0.29) is 5.54 Å². The van der Waals surface area contributed by atoms with Crippen LogP contribution in [0, 0.1) is 0 Å². The van der Waals surface area contributed by atoms with Gasteiger partial charge < -0.3 is 9.47 Å². The summed E-state index contributed by atoms with van der Waals surface area (Å²) >= 11 is 1.91. The summed E-state index contributed by atoms with van der Waals surface area (Å²) in [5.41, 5.74) is 6.17. The summed E-state index contributed by atoms with van der Waals surface area (Å²) in [5, 5.41) is 2.24. The third-order valence-electron chi connectivity index (χ3n) is 6.01. The third kappa shape index (κ3) is 1.59. The molecule has 23 heavy (non-hydrogen) atoms. The van der Waals surface area contributed by atoms with Gasteiger partial charge >= 0.3 is 0 Å². The number of hydrogen-bond acceptors (Lipinski definition) is 2. The Labute approximate surface area is 141 Å². The molecule has 1 aliphatic heterocycles. The van der Waals surface area contributed by atoms with Gasteiger partial charge in [-0.2, -0.15) is 0 Å². The first-order chi connectivity index (χ1) is 11.2. The van der Waals surface area contributed by atoms with Gasteiger partial charge in [0, 0.05) is 18.3 Å². The molecule has 1 fully saturated rings. The van der Waals surface area contributed by atoms with Crippen molar-refractivity contribution in [2.45, 2.75) is 44.2 Å². The molecule has 0 bridgehead atoms. The molecule has 0 amide bonds. The molecule has 118 valence electrons. The highest BCUT2D eigenvalue weighted by molar-refractivity contribution is 7.17. The second kappa shape index (κ2) is 4.64. The smallest absolute Gasteiger partial charge is 0.0814 e. The van der Waals surface area contributed by atoms with Crippen LogP contribution in [0.2, 0.25) is 0 Å². The molecule has 0 saturated heterocycles. The molecule has 3 aromatic rings. The van der Waals surface area contributed by atoms with Crippen LogP contribution < -0.4 is 4.90 Å². The molecule has 1 spiro atoms. The van der Waals surface area contributed by atoms with E-state index in [0.717, 1.165) is 0 Å². The summed E-state index contributed by atoms with van der Waals surface area (Å²) in [7, 11) is 2.27. The third-order valence-corrected chi connectivity index (χ3v) is 6.95. The number of anilines is 1. The first-order valence-electron chi connectivity index (χ1n) is 8.65. The maximum absolute atomic E-state index is 2.73. The summed E-state index contributed by atoms with van der Waals surface area (Å²) < 4.78 is 3.99. The van der Waals surface area contributed by atoms with Crippen LogP contribution in [0.5, 0.6) is 0 Å². The molecule has 3 heteroatoms. The minimum absolute atomic E-state index is 0.198. The molecule has 1 aliphatic carbocycles. The highest BCUT2D eigenvalue weighted by Gasteiger charge is 2.53. The number of aryl methyl sites for hydroxylation is 1. The first kappa shape index (κ1) is 13.7. The van der Waals surface area contributed by atoms with Gasteiger partial charge in [-0.25, -0.2) is 0 Å². The van der Waals surface area contributed by atoms with Crippen molar-refractivity contribution in [2.75, 3.05) is 4.90 Å². The van der Waals surface area contributed by atoms with E-state index in [4.69, 9.17) is 0 Å². The van der Waals surface area contributed by atoms with Gasteiger partial charge in [0.2, 0.25) is 0 Å². The molecule has 2 aliphatic rings. The SMILES string of the molecule is C[C@H]1c2c(n(C)c3ccsc23)C2(CCCC2)N1c1ccccc1. The van der Waals surface area contributed by atoms with Gasteiger partial charge in [-0.1, -0.05) is 31.0 Å². The fraction of sp³-hybridized carbons (Fsp3) is 0.400. The lowest BCUT2D eigenvalue weighted by molar-refractivity contribution is 0.399. The second-order valence-electron chi connectivity index (χ2n) is 7.08. The second-order valence-corrected chi connectivity index (χ2v) is 7.99. The minimum atomic E-state index is 0.198. The average Bonchev–Trinajstić information content (AvgIpc) is 3.29. The Morgan fingerprint density at radius 1 is 1.09 bits per heavy atom. The zero-order chi connectivity index (χ0) is 15.6. The van der Waals surface area contributed by atoms with Crippen LogP contribution in [-0.2, 0) is 12.6 Å². The molecular weight excluding hydrogens is 300 g/mol. The quantitative estimate of drug-likeness (QED) is 0.567. The molecular formula is C20H22N2S. The predicted molar refractivity (Wildman–Crippen MR) is 98.3 cm³/mol. The molecule has 3 heterocycles. The minimum Gasteiger partial charge on any atom is -0.353 e. The van der Waals surface area contributed by atoms with Gasteiger partial charge in [0.1, 0.15) is 0 Å². The summed E-state index contributed by atoms with van der Waals surface area (Å²) in [6.07, 6.45) is 5.25.